The van der Waals surface area contributed by atoms with Crippen molar-refractivity contribution in [2.45, 2.75) is 44.9 Å². The van der Waals surface area contributed by atoms with Crippen LogP contribution in [0.15, 0.2) is 0 Å². The number of alkyl carbamates (subject to hydrolysis) is 1. The maximum atomic E-state index is 11.9. The number of ketones is 1. The lowest BCUT2D eigenvalue weighted by Gasteiger charge is -2.17. The summed E-state index contributed by atoms with van der Waals surface area (Å²) in [7, 11) is 3.03. The topological polar surface area (TPSA) is 102 Å². The number of hydrogen-bond acceptors (Lipinski definition) is 6. The van der Waals surface area contributed by atoms with Crippen molar-refractivity contribution < 1.29 is 28.7 Å². The Morgan fingerprint density at radius 3 is 2.35 bits per heavy atom. The van der Waals surface area contributed by atoms with Crippen LogP contribution >= 0.6 is 11.6 Å². The van der Waals surface area contributed by atoms with Gasteiger partial charge < -0.3 is 19.7 Å². The first-order valence-electron chi connectivity index (χ1n) is 8.69. The largest absolute Gasteiger partial charge is 0.469 e. The molecule has 0 radical (unpaired) electrons. The summed E-state index contributed by atoms with van der Waals surface area (Å²) in [5, 5.41) is 2.55. The Labute approximate surface area is 159 Å². The number of halogens is 1. The Morgan fingerprint density at radius 2 is 1.69 bits per heavy atom. The molecule has 0 bridgehead atoms. The predicted octanol–water partition coefficient (Wildman–Crippen LogP) is 1.88. The van der Waals surface area contributed by atoms with Crippen LogP contribution in [0.1, 0.15) is 44.9 Å². The van der Waals surface area contributed by atoms with Crippen LogP contribution in [0, 0.1) is 0 Å². The van der Waals surface area contributed by atoms with Crippen LogP contribution in [0.3, 0.4) is 0 Å². The number of nitrogens with zero attached hydrogens (tertiary/aromatic N) is 1. The number of Topliss-reactive ketones (excluding diaryl/α,β-unsaturated/α-hetero) is 1. The van der Waals surface area contributed by atoms with E-state index < -0.39 is 6.09 Å². The van der Waals surface area contributed by atoms with Gasteiger partial charge in [-0.15, -0.1) is 11.6 Å². The van der Waals surface area contributed by atoms with Crippen LogP contribution in [-0.4, -0.2) is 68.4 Å². The maximum Gasteiger partial charge on any atom is 0.407 e. The van der Waals surface area contributed by atoms with Gasteiger partial charge in [-0.05, 0) is 25.7 Å². The molecule has 0 heterocycles. The highest BCUT2D eigenvalue weighted by molar-refractivity contribution is 6.27. The highest BCUT2D eigenvalue weighted by atomic mass is 35.5. The number of carbonyl (C=O) groups excluding carboxylic acids is 4. The summed E-state index contributed by atoms with van der Waals surface area (Å²) in [6.07, 6.45) is 2.77. The van der Waals surface area contributed by atoms with E-state index in [1.54, 1.807) is 11.9 Å². The second kappa shape index (κ2) is 15.4. The SMILES string of the molecule is COC(=O)CCCCC(=O)N(C)CCCOC(=O)NCCCC(=O)CCl. The van der Waals surface area contributed by atoms with Gasteiger partial charge in [-0.1, -0.05) is 0 Å². The lowest BCUT2D eigenvalue weighted by molar-refractivity contribution is -0.141. The molecule has 1 N–H and O–H groups in total. The number of rotatable bonds is 14. The molecule has 0 aromatic heterocycles. The highest BCUT2D eigenvalue weighted by Crippen LogP contribution is 2.04. The van der Waals surface area contributed by atoms with Crippen LogP contribution in [0.5, 0.6) is 0 Å². The molecule has 0 unspecified atom stereocenters. The van der Waals surface area contributed by atoms with Gasteiger partial charge in [0.2, 0.25) is 5.91 Å². The second-order valence-corrected chi connectivity index (χ2v) is 6.06. The van der Waals surface area contributed by atoms with Gasteiger partial charge in [0.05, 0.1) is 19.6 Å². The van der Waals surface area contributed by atoms with E-state index in [4.69, 9.17) is 16.3 Å². The van der Waals surface area contributed by atoms with Crippen molar-refractivity contribution in [1.29, 1.82) is 0 Å². The predicted molar refractivity (Wildman–Crippen MR) is 97.0 cm³/mol. The zero-order valence-corrected chi connectivity index (χ0v) is 16.3. The summed E-state index contributed by atoms with van der Waals surface area (Å²) in [6.45, 7) is 1.03. The number of carbonyl (C=O) groups is 4. The molecule has 26 heavy (non-hydrogen) atoms. The molecule has 2 amide bonds. The highest BCUT2D eigenvalue weighted by Gasteiger charge is 2.09. The lowest BCUT2D eigenvalue weighted by atomic mass is 10.2. The molecular formula is C17H29ClN2O6. The van der Waals surface area contributed by atoms with E-state index in [-0.39, 0.29) is 30.1 Å². The minimum Gasteiger partial charge on any atom is -0.469 e. The van der Waals surface area contributed by atoms with Gasteiger partial charge in [-0.2, -0.15) is 0 Å². The van der Waals surface area contributed by atoms with Crippen molar-refractivity contribution in [2.24, 2.45) is 0 Å². The Morgan fingerprint density at radius 1 is 1.00 bits per heavy atom. The maximum absolute atomic E-state index is 11.9. The van der Waals surface area contributed by atoms with Crippen LogP contribution in [0.2, 0.25) is 0 Å². The van der Waals surface area contributed by atoms with Gasteiger partial charge in [0, 0.05) is 39.4 Å². The van der Waals surface area contributed by atoms with Gasteiger partial charge in [-0.3, -0.25) is 14.4 Å². The number of ether oxygens (including phenoxy) is 2. The standard InChI is InChI=1S/C17H29ClN2O6/c1-20(15(22)8-3-4-9-16(23)25-2)11-6-12-26-17(24)19-10-5-7-14(21)13-18/h3-13H2,1-2H3,(H,19,24). The molecule has 0 aromatic rings. The van der Waals surface area contributed by atoms with Crippen LogP contribution in [-0.2, 0) is 23.9 Å². The first kappa shape index (κ1) is 24.2. The summed E-state index contributed by atoms with van der Waals surface area (Å²) in [4.78, 5) is 46.8. The zero-order chi connectivity index (χ0) is 19.8. The molecule has 0 aliphatic heterocycles. The average molecular weight is 393 g/mol. The summed E-state index contributed by atoms with van der Waals surface area (Å²) >= 11 is 5.37. The molecule has 0 saturated heterocycles. The zero-order valence-electron chi connectivity index (χ0n) is 15.6. The molecule has 0 rings (SSSR count). The van der Waals surface area contributed by atoms with Crippen LogP contribution < -0.4 is 5.32 Å². The fourth-order valence-electron chi connectivity index (χ4n) is 2.02. The van der Waals surface area contributed by atoms with Gasteiger partial charge in [-0.25, -0.2) is 4.79 Å². The molecule has 0 atom stereocenters. The molecule has 8 nitrogen and oxygen atoms in total. The van der Waals surface area contributed by atoms with Crippen molar-refractivity contribution in [3.8, 4) is 0 Å². The third-order valence-corrected chi connectivity index (χ3v) is 3.89. The number of alkyl halides is 1. The normalized spacial score (nSPS) is 10.1. The van der Waals surface area contributed by atoms with Crippen molar-refractivity contribution in [2.75, 3.05) is 39.7 Å². The van der Waals surface area contributed by atoms with E-state index in [9.17, 15) is 19.2 Å². The molecule has 0 aliphatic carbocycles. The summed E-state index contributed by atoms with van der Waals surface area (Å²) < 4.78 is 9.53. The smallest absolute Gasteiger partial charge is 0.407 e. The van der Waals surface area contributed by atoms with Crippen LogP contribution in [0.4, 0.5) is 4.79 Å². The van der Waals surface area contributed by atoms with E-state index in [0.717, 1.165) is 0 Å². The molecule has 9 heteroatoms. The van der Waals surface area contributed by atoms with Gasteiger partial charge in [0.25, 0.3) is 0 Å². The molecule has 0 aromatic carbocycles. The van der Waals surface area contributed by atoms with E-state index >= 15 is 0 Å². The minimum atomic E-state index is -0.542. The number of hydrogen-bond donors (Lipinski definition) is 1. The van der Waals surface area contributed by atoms with Gasteiger partial charge in [0.15, 0.2) is 0 Å². The number of unbranched alkanes of at least 4 members (excludes halogenated alkanes) is 1. The molecule has 0 spiro atoms. The molecule has 150 valence electrons. The Hall–Kier alpha value is -1.83. The third kappa shape index (κ3) is 13.5. The average Bonchev–Trinajstić information content (AvgIpc) is 2.64. The van der Waals surface area contributed by atoms with Gasteiger partial charge in [0.1, 0.15) is 5.78 Å². The monoisotopic (exact) mass is 392 g/mol. The number of methoxy groups -OCH3 is 1. The minimum absolute atomic E-state index is 0.0109. The first-order chi connectivity index (χ1) is 12.4. The Kier molecular flexibility index (Phi) is 14.3. The van der Waals surface area contributed by atoms with Crippen molar-refractivity contribution in [3.63, 3.8) is 0 Å². The summed E-state index contributed by atoms with van der Waals surface area (Å²) in [5.41, 5.74) is 0. The Balaban J connectivity index is 3.63. The summed E-state index contributed by atoms with van der Waals surface area (Å²) in [5.74, 6) is -0.350. The molecular weight excluding hydrogens is 364 g/mol. The van der Waals surface area contributed by atoms with E-state index in [0.29, 0.717) is 58.0 Å². The molecule has 0 fully saturated rings. The number of nitrogens with one attached hydrogen (secondary N) is 1. The van der Waals surface area contributed by atoms with E-state index in [1.165, 1.54) is 7.11 Å². The quantitative estimate of drug-likeness (QED) is 0.275. The number of amides is 2. The lowest BCUT2D eigenvalue weighted by Crippen LogP contribution is -2.30. The first-order valence-corrected chi connectivity index (χ1v) is 9.23. The van der Waals surface area contributed by atoms with Crippen molar-refractivity contribution in [1.82, 2.24) is 10.2 Å². The van der Waals surface area contributed by atoms with E-state index in [1.807, 2.05) is 0 Å². The van der Waals surface area contributed by atoms with Gasteiger partial charge >= 0.3 is 12.1 Å². The molecule has 0 aliphatic rings. The molecule has 0 saturated carbocycles. The third-order valence-electron chi connectivity index (χ3n) is 3.60. The Bertz CT molecular complexity index is 459. The second-order valence-electron chi connectivity index (χ2n) is 5.79. The van der Waals surface area contributed by atoms with E-state index in [2.05, 4.69) is 10.1 Å². The van der Waals surface area contributed by atoms with Crippen molar-refractivity contribution in [3.05, 3.63) is 0 Å². The number of esters is 1. The van der Waals surface area contributed by atoms with Crippen molar-refractivity contribution >= 4 is 35.4 Å². The fraction of sp³-hybridized carbons (Fsp3) is 0.765. The summed E-state index contributed by atoms with van der Waals surface area (Å²) in [6, 6.07) is 0. The van der Waals surface area contributed by atoms with Crippen LogP contribution in [0.25, 0.3) is 0 Å². The fourth-order valence-corrected chi connectivity index (χ4v) is 2.16.